The van der Waals surface area contributed by atoms with Gasteiger partial charge in [0, 0.05) is 23.2 Å². The number of nitrogens with one attached hydrogen (secondary N) is 1. The third-order valence-corrected chi connectivity index (χ3v) is 4.03. The van der Waals surface area contributed by atoms with Crippen LogP contribution >= 0.6 is 11.3 Å². The normalized spacial score (nSPS) is 10.2. The minimum Gasteiger partial charge on any atom is -0.456 e. The van der Waals surface area contributed by atoms with E-state index in [9.17, 15) is 14.9 Å². The Hall–Kier alpha value is -3.26. The second-order valence-corrected chi connectivity index (χ2v) is 5.88. The Morgan fingerprint density at radius 3 is 2.76 bits per heavy atom. The van der Waals surface area contributed by atoms with Crippen molar-refractivity contribution in [1.29, 1.82) is 0 Å². The van der Waals surface area contributed by atoms with E-state index in [-0.39, 0.29) is 17.9 Å². The molecule has 0 saturated carbocycles. The largest absolute Gasteiger partial charge is 0.456 e. The maximum absolute atomic E-state index is 12.0. The molecule has 1 N–H and O–H groups in total. The highest BCUT2D eigenvalue weighted by Gasteiger charge is 2.13. The molecule has 0 fully saturated rings. The molecule has 0 aliphatic heterocycles. The summed E-state index contributed by atoms with van der Waals surface area (Å²) in [5.41, 5.74) is 1.49. The van der Waals surface area contributed by atoms with Crippen LogP contribution < -0.4 is 5.32 Å². The summed E-state index contributed by atoms with van der Waals surface area (Å²) in [6.07, 6.45) is 0. The van der Waals surface area contributed by atoms with Gasteiger partial charge in [0.1, 0.15) is 6.61 Å². The third-order valence-electron chi connectivity index (χ3n) is 3.22. The predicted octanol–water partition coefficient (Wildman–Crippen LogP) is 4.15. The van der Waals surface area contributed by atoms with Crippen LogP contribution in [0.4, 0.5) is 16.5 Å². The molecule has 126 valence electrons. The van der Waals surface area contributed by atoms with Gasteiger partial charge in [-0.25, -0.2) is 9.78 Å². The number of nitrogens with zero attached hydrogens (tertiary/aromatic N) is 2. The fraction of sp³-hybridized carbons (Fsp3) is 0.0588. The monoisotopic (exact) mass is 355 g/mol. The van der Waals surface area contributed by atoms with E-state index in [4.69, 9.17) is 4.74 Å². The molecule has 0 amide bonds. The number of nitro groups is 1. The average molecular weight is 355 g/mol. The number of para-hydroxylation sites is 1. The number of rotatable bonds is 6. The molecule has 0 saturated heterocycles. The fourth-order valence-electron chi connectivity index (χ4n) is 2.04. The van der Waals surface area contributed by atoms with E-state index < -0.39 is 10.9 Å². The molecule has 7 nitrogen and oxygen atoms in total. The van der Waals surface area contributed by atoms with Crippen LogP contribution in [0.15, 0.2) is 60.0 Å². The number of carbonyl (C=O) groups excluding carboxylic acids is 1. The van der Waals surface area contributed by atoms with Crippen LogP contribution in [0.3, 0.4) is 0 Å². The van der Waals surface area contributed by atoms with E-state index in [2.05, 4.69) is 10.3 Å². The van der Waals surface area contributed by atoms with Gasteiger partial charge in [-0.2, -0.15) is 0 Å². The van der Waals surface area contributed by atoms with Crippen molar-refractivity contribution in [2.75, 3.05) is 5.32 Å². The van der Waals surface area contributed by atoms with Crippen molar-refractivity contribution in [1.82, 2.24) is 4.98 Å². The first-order valence-corrected chi connectivity index (χ1v) is 8.18. The first-order valence-electron chi connectivity index (χ1n) is 7.30. The van der Waals surface area contributed by atoms with Crippen molar-refractivity contribution in [3.8, 4) is 0 Å². The van der Waals surface area contributed by atoms with Crippen molar-refractivity contribution < 1.29 is 14.5 Å². The molecule has 1 aromatic heterocycles. The predicted molar refractivity (Wildman–Crippen MR) is 94.1 cm³/mol. The van der Waals surface area contributed by atoms with Gasteiger partial charge >= 0.3 is 5.97 Å². The molecule has 0 aliphatic rings. The van der Waals surface area contributed by atoms with E-state index in [1.807, 2.05) is 30.3 Å². The number of aromatic nitrogens is 1. The maximum atomic E-state index is 12.0. The van der Waals surface area contributed by atoms with Gasteiger partial charge in [0.2, 0.25) is 0 Å². The van der Waals surface area contributed by atoms with Crippen molar-refractivity contribution in [2.45, 2.75) is 6.61 Å². The Morgan fingerprint density at radius 1 is 1.20 bits per heavy atom. The lowest BCUT2D eigenvalue weighted by Gasteiger charge is -2.03. The van der Waals surface area contributed by atoms with Crippen LogP contribution in [0.2, 0.25) is 0 Å². The molecule has 3 aromatic rings. The summed E-state index contributed by atoms with van der Waals surface area (Å²) < 4.78 is 5.17. The molecular formula is C17H13N3O4S. The second kappa shape index (κ2) is 7.54. The first kappa shape index (κ1) is 16.6. The Labute approximate surface area is 147 Å². The lowest BCUT2D eigenvalue weighted by Crippen LogP contribution is -2.06. The number of non-ortho nitro benzene ring substituents is 1. The Kier molecular flexibility index (Phi) is 5.00. The van der Waals surface area contributed by atoms with Crippen molar-refractivity contribution >= 4 is 33.8 Å². The quantitative estimate of drug-likeness (QED) is 0.405. The topological polar surface area (TPSA) is 94.4 Å². The average Bonchev–Trinajstić information content (AvgIpc) is 3.08. The van der Waals surface area contributed by atoms with Gasteiger partial charge in [0.15, 0.2) is 5.13 Å². The van der Waals surface area contributed by atoms with Gasteiger partial charge in [0.25, 0.3) is 5.69 Å². The lowest BCUT2D eigenvalue weighted by atomic mass is 10.2. The van der Waals surface area contributed by atoms with Crippen LogP contribution in [0.1, 0.15) is 16.1 Å². The summed E-state index contributed by atoms with van der Waals surface area (Å²) in [6, 6.07) is 15.0. The molecule has 2 aromatic carbocycles. The number of hydrogen-bond acceptors (Lipinski definition) is 7. The van der Waals surface area contributed by atoms with Crippen molar-refractivity contribution in [3.63, 3.8) is 0 Å². The van der Waals surface area contributed by atoms with Crippen LogP contribution in [-0.4, -0.2) is 15.9 Å². The van der Waals surface area contributed by atoms with Gasteiger partial charge in [-0.3, -0.25) is 10.1 Å². The molecule has 25 heavy (non-hydrogen) atoms. The number of nitro benzene ring substituents is 1. The molecule has 0 unspecified atom stereocenters. The van der Waals surface area contributed by atoms with E-state index >= 15 is 0 Å². The summed E-state index contributed by atoms with van der Waals surface area (Å²) in [6.45, 7) is -0.00546. The first-order chi connectivity index (χ1) is 12.1. The highest BCUT2D eigenvalue weighted by molar-refractivity contribution is 7.13. The summed E-state index contributed by atoms with van der Waals surface area (Å²) in [5.74, 6) is -0.630. The molecule has 8 heteroatoms. The van der Waals surface area contributed by atoms with E-state index in [1.54, 1.807) is 5.38 Å². The number of benzene rings is 2. The van der Waals surface area contributed by atoms with Crippen LogP contribution in [0, 0.1) is 10.1 Å². The van der Waals surface area contributed by atoms with Crippen LogP contribution in [0.5, 0.6) is 0 Å². The molecule has 3 rings (SSSR count). The SMILES string of the molecule is O=C(OCc1csc(Nc2ccccc2)n1)c1cccc([N+](=O)[O-])c1. The van der Waals surface area contributed by atoms with Gasteiger partial charge < -0.3 is 10.1 Å². The molecule has 0 aliphatic carbocycles. The Morgan fingerprint density at radius 2 is 2.00 bits per heavy atom. The minimum absolute atomic E-state index is 0.00546. The maximum Gasteiger partial charge on any atom is 0.338 e. The zero-order chi connectivity index (χ0) is 17.6. The van der Waals surface area contributed by atoms with Crippen molar-refractivity contribution in [2.24, 2.45) is 0 Å². The van der Waals surface area contributed by atoms with E-state index in [1.165, 1.54) is 35.6 Å². The Bertz CT molecular complexity index is 896. The summed E-state index contributed by atoms with van der Waals surface area (Å²) >= 11 is 1.40. The van der Waals surface area contributed by atoms with Gasteiger partial charge in [-0.15, -0.1) is 11.3 Å². The zero-order valence-electron chi connectivity index (χ0n) is 12.9. The number of thiazole rings is 1. The van der Waals surface area contributed by atoms with Gasteiger partial charge in [-0.05, 0) is 18.2 Å². The summed E-state index contributed by atoms with van der Waals surface area (Å²) in [4.78, 5) is 26.5. The highest BCUT2D eigenvalue weighted by atomic mass is 32.1. The van der Waals surface area contributed by atoms with E-state index in [0.29, 0.717) is 10.8 Å². The van der Waals surface area contributed by atoms with E-state index in [0.717, 1.165) is 5.69 Å². The molecule has 0 spiro atoms. The molecule has 0 radical (unpaired) electrons. The fourth-order valence-corrected chi connectivity index (χ4v) is 2.76. The standard InChI is InChI=1S/C17H13N3O4S/c21-16(12-5-4-8-15(9-12)20(22)23)24-10-14-11-25-17(19-14)18-13-6-2-1-3-7-13/h1-9,11H,10H2,(H,18,19). The second-order valence-electron chi connectivity index (χ2n) is 5.02. The highest BCUT2D eigenvalue weighted by Crippen LogP contribution is 2.21. The third kappa shape index (κ3) is 4.39. The number of esters is 1. The lowest BCUT2D eigenvalue weighted by molar-refractivity contribution is -0.384. The number of carbonyl (C=O) groups is 1. The number of ether oxygens (including phenoxy) is 1. The summed E-state index contributed by atoms with van der Waals surface area (Å²) in [5, 5.41) is 16.4. The van der Waals surface area contributed by atoms with Crippen LogP contribution in [0.25, 0.3) is 0 Å². The molecule has 0 atom stereocenters. The molecular weight excluding hydrogens is 342 g/mol. The molecule has 0 bridgehead atoms. The molecule has 1 heterocycles. The minimum atomic E-state index is -0.630. The van der Waals surface area contributed by atoms with Gasteiger partial charge in [-0.1, -0.05) is 24.3 Å². The van der Waals surface area contributed by atoms with Crippen molar-refractivity contribution in [3.05, 3.63) is 81.3 Å². The zero-order valence-corrected chi connectivity index (χ0v) is 13.7. The smallest absolute Gasteiger partial charge is 0.338 e. The van der Waals surface area contributed by atoms with Gasteiger partial charge in [0.05, 0.1) is 16.2 Å². The summed E-state index contributed by atoms with van der Waals surface area (Å²) in [7, 11) is 0. The number of hydrogen-bond donors (Lipinski definition) is 1. The van der Waals surface area contributed by atoms with Crippen LogP contribution in [-0.2, 0) is 11.3 Å². The number of anilines is 2. The Balaban J connectivity index is 1.59.